The van der Waals surface area contributed by atoms with Gasteiger partial charge in [-0.15, -0.1) is 0 Å². The second-order valence-corrected chi connectivity index (χ2v) is 4.34. The van der Waals surface area contributed by atoms with Gasteiger partial charge in [-0.3, -0.25) is 14.3 Å². The molecule has 17 heavy (non-hydrogen) atoms. The van der Waals surface area contributed by atoms with Crippen LogP contribution in [-0.4, -0.2) is 9.55 Å². The van der Waals surface area contributed by atoms with Crippen molar-refractivity contribution in [1.82, 2.24) is 9.55 Å². The van der Waals surface area contributed by atoms with Gasteiger partial charge in [0.1, 0.15) is 5.82 Å². The van der Waals surface area contributed by atoms with Gasteiger partial charge in [0.2, 0.25) is 0 Å². The van der Waals surface area contributed by atoms with Gasteiger partial charge >= 0.3 is 5.69 Å². The Bertz CT molecular complexity index is 663. The molecule has 0 atom stereocenters. The average Bonchev–Trinajstić information content (AvgIpc) is 2.27. The number of aromatic nitrogens is 2. The Morgan fingerprint density at radius 1 is 1.29 bits per heavy atom. The molecule has 0 radical (unpaired) electrons. The summed E-state index contributed by atoms with van der Waals surface area (Å²) in [5.74, 6) is -0.359. The van der Waals surface area contributed by atoms with E-state index in [2.05, 4.69) is 20.9 Å². The van der Waals surface area contributed by atoms with Gasteiger partial charge in [0, 0.05) is 12.3 Å². The van der Waals surface area contributed by atoms with E-state index in [9.17, 15) is 14.0 Å². The highest BCUT2D eigenvalue weighted by molar-refractivity contribution is 9.10. The van der Waals surface area contributed by atoms with Crippen molar-refractivity contribution < 1.29 is 4.39 Å². The van der Waals surface area contributed by atoms with Crippen molar-refractivity contribution in [2.24, 2.45) is 0 Å². The van der Waals surface area contributed by atoms with Crippen LogP contribution in [0.1, 0.15) is 5.56 Å². The first-order valence-corrected chi connectivity index (χ1v) is 5.59. The van der Waals surface area contributed by atoms with Crippen LogP contribution >= 0.6 is 15.9 Å². The lowest BCUT2D eigenvalue weighted by molar-refractivity contribution is 0.618. The fourth-order valence-corrected chi connectivity index (χ4v) is 1.83. The molecule has 0 unspecified atom stereocenters. The van der Waals surface area contributed by atoms with E-state index >= 15 is 0 Å². The van der Waals surface area contributed by atoms with Gasteiger partial charge in [-0.25, -0.2) is 9.18 Å². The number of hydrogen-bond donors (Lipinski definition) is 1. The first-order chi connectivity index (χ1) is 8.06. The number of rotatable bonds is 2. The lowest BCUT2D eigenvalue weighted by atomic mass is 10.2. The summed E-state index contributed by atoms with van der Waals surface area (Å²) in [6, 6.07) is 5.75. The SMILES string of the molecule is O=c1ccn(Cc2ccc(F)c(Br)c2)c(=O)[nH]1. The maximum Gasteiger partial charge on any atom is 0.328 e. The predicted octanol–water partition coefficient (Wildman–Crippen LogP) is 1.49. The number of nitrogens with one attached hydrogen (secondary N) is 1. The van der Waals surface area contributed by atoms with Gasteiger partial charge in [0.05, 0.1) is 11.0 Å². The van der Waals surface area contributed by atoms with Crippen molar-refractivity contribution >= 4 is 15.9 Å². The highest BCUT2D eigenvalue weighted by atomic mass is 79.9. The van der Waals surface area contributed by atoms with E-state index < -0.39 is 11.2 Å². The fourth-order valence-electron chi connectivity index (χ4n) is 1.40. The summed E-state index contributed by atoms with van der Waals surface area (Å²) in [5, 5.41) is 0. The monoisotopic (exact) mass is 298 g/mol. The van der Waals surface area contributed by atoms with Crippen LogP contribution < -0.4 is 11.2 Å². The zero-order valence-electron chi connectivity index (χ0n) is 8.61. The molecule has 1 N–H and O–H groups in total. The Morgan fingerprint density at radius 3 is 2.71 bits per heavy atom. The lowest BCUT2D eigenvalue weighted by Crippen LogP contribution is -2.28. The molecule has 0 bridgehead atoms. The highest BCUT2D eigenvalue weighted by Crippen LogP contribution is 2.17. The molecule has 0 aliphatic rings. The average molecular weight is 299 g/mol. The number of hydrogen-bond acceptors (Lipinski definition) is 2. The van der Waals surface area contributed by atoms with E-state index in [4.69, 9.17) is 0 Å². The van der Waals surface area contributed by atoms with Gasteiger partial charge in [-0.2, -0.15) is 0 Å². The van der Waals surface area contributed by atoms with Crippen LogP contribution in [0.15, 0.2) is 44.5 Å². The minimum atomic E-state index is -0.488. The fraction of sp³-hybridized carbons (Fsp3) is 0.0909. The lowest BCUT2D eigenvalue weighted by Gasteiger charge is -2.05. The van der Waals surface area contributed by atoms with Crippen LogP contribution in [0.5, 0.6) is 0 Å². The number of H-pyrrole nitrogens is 1. The molecule has 2 rings (SSSR count). The molecule has 2 aromatic rings. The van der Waals surface area contributed by atoms with Crippen molar-refractivity contribution in [3.05, 3.63) is 67.2 Å². The third-order valence-electron chi connectivity index (χ3n) is 2.23. The summed E-state index contributed by atoms with van der Waals surface area (Å²) in [7, 11) is 0. The van der Waals surface area contributed by atoms with Crippen LogP contribution in [0.2, 0.25) is 0 Å². The summed E-state index contributed by atoms with van der Waals surface area (Å²) in [4.78, 5) is 24.4. The van der Waals surface area contributed by atoms with E-state index in [1.807, 2.05) is 0 Å². The first-order valence-electron chi connectivity index (χ1n) is 4.80. The molecule has 4 nitrogen and oxygen atoms in total. The first kappa shape index (κ1) is 11.8. The molecule has 0 spiro atoms. The second-order valence-electron chi connectivity index (χ2n) is 3.49. The molecule has 0 fully saturated rings. The zero-order valence-corrected chi connectivity index (χ0v) is 10.2. The van der Waals surface area contributed by atoms with Crippen LogP contribution in [-0.2, 0) is 6.54 Å². The number of nitrogens with zero attached hydrogens (tertiary/aromatic N) is 1. The van der Waals surface area contributed by atoms with Crippen molar-refractivity contribution in [1.29, 1.82) is 0 Å². The normalized spacial score (nSPS) is 10.5. The Morgan fingerprint density at radius 2 is 2.06 bits per heavy atom. The molecule has 88 valence electrons. The maximum absolute atomic E-state index is 13.0. The van der Waals surface area contributed by atoms with E-state index in [1.165, 1.54) is 22.9 Å². The molecule has 0 aliphatic carbocycles. The minimum absolute atomic E-state index is 0.272. The predicted molar refractivity (Wildman–Crippen MR) is 64.5 cm³/mol. The summed E-state index contributed by atoms with van der Waals surface area (Å²) in [6.07, 6.45) is 1.40. The van der Waals surface area contributed by atoms with Gasteiger partial charge in [0.15, 0.2) is 0 Å². The molecule has 6 heteroatoms. The van der Waals surface area contributed by atoms with E-state index in [0.717, 1.165) is 5.56 Å². The standard InChI is InChI=1S/C11H8BrFN2O2/c12-8-5-7(1-2-9(8)13)6-15-4-3-10(16)14-11(15)17/h1-5H,6H2,(H,14,16,17). The van der Waals surface area contributed by atoms with Gasteiger partial charge in [-0.05, 0) is 33.6 Å². The van der Waals surface area contributed by atoms with Crippen LogP contribution in [0.25, 0.3) is 0 Å². The largest absolute Gasteiger partial charge is 0.328 e. The molecule has 0 saturated heterocycles. The summed E-state index contributed by atoms with van der Waals surface area (Å²) in [6.45, 7) is 0.272. The number of halogens is 2. The molecular weight excluding hydrogens is 291 g/mol. The van der Waals surface area contributed by atoms with E-state index in [0.29, 0.717) is 4.47 Å². The Hall–Kier alpha value is -1.69. The Kier molecular flexibility index (Phi) is 3.23. The molecule has 1 aromatic carbocycles. The second kappa shape index (κ2) is 4.67. The van der Waals surface area contributed by atoms with Gasteiger partial charge in [0.25, 0.3) is 5.56 Å². The van der Waals surface area contributed by atoms with Crippen molar-refractivity contribution in [2.75, 3.05) is 0 Å². The zero-order chi connectivity index (χ0) is 12.4. The topological polar surface area (TPSA) is 54.9 Å². The molecule has 1 heterocycles. The molecule has 0 amide bonds. The Labute approximate surface area is 104 Å². The number of aromatic amines is 1. The third-order valence-corrected chi connectivity index (χ3v) is 2.84. The van der Waals surface area contributed by atoms with Crippen LogP contribution in [0, 0.1) is 5.82 Å². The maximum atomic E-state index is 13.0. The molecule has 0 saturated carbocycles. The number of benzene rings is 1. The smallest absolute Gasteiger partial charge is 0.296 e. The Balaban J connectivity index is 2.35. The molecular formula is C11H8BrFN2O2. The summed E-state index contributed by atoms with van der Waals surface area (Å²) < 4.78 is 14.7. The van der Waals surface area contributed by atoms with Crippen LogP contribution in [0.3, 0.4) is 0 Å². The minimum Gasteiger partial charge on any atom is -0.296 e. The molecule has 1 aromatic heterocycles. The summed E-state index contributed by atoms with van der Waals surface area (Å²) >= 11 is 3.07. The quantitative estimate of drug-likeness (QED) is 0.913. The van der Waals surface area contributed by atoms with E-state index in [1.54, 1.807) is 12.1 Å². The van der Waals surface area contributed by atoms with Crippen molar-refractivity contribution in [3.63, 3.8) is 0 Å². The van der Waals surface area contributed by atoms with Crippen molar-refractivity contribution in [2.45, 2.75) is 6.54 Å². The van der Waals surface area contributed by atoms with Crippen molar-refractivity contribution in [3.8, 4) is 0 Å². The van der Waals surface area contributed by atoms with Crippen LogP contribution in [0.4, 0.5) is 4.39 Å². The summed E-state index contributed by atoms with van der Waals surface area (Å²) in [5.41, 5.74) is -0.170. The van der Waals surface area contributed by atoms with Gasteiger partial charge < -0.3 is 0 Å². The van der Waals surface area contributed by atoms with Gasteiger partial charge in [-0.1, -0.05) is 6.07 Å². The third kappa shape index (κ3) is 2.71. The van der Waals surface area contributed by atoms with E-state index in [-0.39, 0.29) is 12.4 Å². The highest BCUT2D eigenvalue weighted by Gasteiger charge is 2.02. The molecule has 0 aliphatic heterocycles.